The number of hydrogen-bond donors (Lipinski definition) is 1. The number of aliphatic imine (C=N–C) groups is 1. The van der Waals surface area contributed by atoms with E-state index >= 15 is 0 Å². The fraction of sp³-hybridized carbons (Fsp3) is 0.333. The highest BCUT2D eigenvalue weighted by atomic mass is 35.5. The fourth-order valence-electron chi connectivity index (χ4n) is 4.20. The van der Waals surface area contributed by atoms with Gasteiger partial charge < -0.3 is 10.2 Å². The number of nitrogens with one attached hydrogen (secondary N) is 1. The molecule has 2 aromatic rings. The smallest absolute Gasteiger partial charge is 0.264 e. The molecular weight excluding hydrogens is 449 g/mol. The summed E-state index contributed by atoms with van der Waals surface area (Å²) in [4.78, 5) is 20.0. The summed E-state index contributed by atoms with van der Waals surface area (Å²) in [5, 5.41) is 4.12. The summed E-state index contributed by atoms with van der Waals surface area (Å²) in [5.74, 6) is 0.288. The van der Waals surface area contributed by atoms with E-state index in [-0.39, 0.29) is 11.4 Å². The molecule has 31 heavy (non-hydrogen) atoms. The van der Waals surface area contributed by atoms with Crippen LogP contribution in [0.5, 0.6) is 0 Å². The van der Waals surface area contributed by atoms with Crippen LogP contribution >= 0.6 is 35.0 Å². The number of thioether (sulfide) groups is 1. The van der Waals surface area contributed by atoms with E-state index in [0.29, 0.717) is 31.7 Å². The molecule has 1 saturated heterocycles. The Morgan fingerprint density at radius 3 is 2.77 bits per heavy atom. The third-order valence-electron chi connectivity index (χ3n) is 6.11. The zero-order valence-corrected chi connectivity index (χ0v) is 20.5. The van der Waals surface area contributed by atoms with Gasteiger partial charge >= 0.3 is 0 Å². The molecule has 2 aromatic carbocycles. The Labute approximate surface area is 197 Å². The standard InChI is InChI=1S/C24H25Cl2N3OS/c1-13-9-19-16(14(2)12-24(3,4)29(19)5)10-15(13)11-20-22(30)28-23(31-20)27-18-8-6-7-17(25)21(18)26/h6-11,14H,12H2,1-5H3,(H,27,28,30)/b20-11+. The van der Waals surface area contributed by atoms with Crippen LogP contribution in [-0.4, -0.2) is 23.7 Å². The number of halogens is 2. The number of aryl methyl sites for hydroxylation is 1. The number of carbonyl (C=O) groups is 1. The molecule has 0 spiro atoms. The number of benzene rings is 2. The molecule has 0 aromatic heterocycles. The summed E-state index contributed by atoms with van der Waals surface area (Å²) in [5.41, 5.74) is 5.43. The highest BCUT2D eigenvalue weighted by Crippen LogP contribution is 2.44. The lowest BCUT2D eigenvalue weighted by Crippen LogP contribution is -2.45. The van der Waals surface area contributed by atoms with Gasteiger partial charge in [-0.3, -0.25) is 4.79 Å². The van der Waals surface area contributed by atoms with Crippen molar-refractivity contribution in [1.29, 1.82) is 0 Å². The normalized spacial score (nSPS) is 22.7. The van der Waals surface area contributed by atoms with Gasteiger partial charge in [0.05, 0.1) is 20.6 Å². The maximum atomic E-state index is 12.6. The van der Waals surface area contributed by atoms with E-state index in [4.69, 9.17) is 23.2 Å². The molecule has 1 N–H and O–H groups in total. The maximum absolute atomic E-state index is 12.6. The molecule has 2 heterocycles. The van der Waals surface area contributed by atoms with E-state index in [0.717, 1.165) is 17.5 Å². The van der Waals surface area contributed by atoms with Crippen LogP contribution < -0.4 is 10.2 Å². The summed E-state index contributed by atoms with van der Waals surface area (Å²) in [6, 6.07) is 9.71. The van der Waals surface area contributed by atoms with Gasteiger partial charge in [0.1, 0.15) is 0 Å². The molecule has 162 valence electrons. The van der Waals surface area contributed by atoms with Crippen LogP contribution in [0, 0.1) is 6.92 Å². The summed E-state index contributed by atoms with van der Waals surface area (Å²) < 4.78 is 0. The Bertz CT molecular complexity index is 1140. The van der Waals surface area contributed by atoms with Crippen molar-refractivity contribution in [3.8, 4) is 0 Å². The summed E-state index contributed by atoms with van der Waals surface area (Å²) in [7, 11) is 2.16. The first kappa shape index (κ1) is 22.3. The highest BCUT2D eigenvalue weighted by Gasteiger charge is 2.34. The van der Waals surface area contributed by atoms with Gasteiger partial charge in [0.2, 0.25) is 0 Å². The molecule has 1 atom stereocenters. The Morgan fingerprint density at radius 1 is 1.29 bits per heavy atom. The van der Waals surface area contributed by atoms with Crippen LogP contribution in [0.2, 0.25) is 10.0 Å². The predicted octanol–water partition coefficient (Wildman–Crippen LogP) is 6.92. The van der Waals surface area contributed by atoms with Gasteiger partial charge in [0, 0.05) is 18.3 Å². The van der Waals surface area contributed by atoms with E-state index in [9.17, 15) is 4.79 Å². The Balaban J connectivity index is 1.67. The van der Waals surface area contributed by atoms with Crippen LogP contribution in [0.1, 0.15) is 49.8 Å². The van der Waals surface area contributed by atoms with Gasteiger partial charge in [-0.15, -0.1) is 0 Å². The van der Waals surface area contributed by atoms with Crippen molar-refractivity contribution < 1.29 is 4.79 Å². The van der Waals surface area contributed by atoms with Gasteiger partial charge in [-0.2, -0.15) is 0 Å². The van der Waals surface area contributed by atoms with Crippen molar-refractivity contribution in [2.24, 2.45) is 4.99 Å². The summed E-state index contributed by atoms with van der Waals surface area (Å²) in [6.45, 7) is 8.93. The van der Waals surface area contributed by atoms with Crippen molar-refractivity contribution in [3.63, 3.8) is 0 Å². The average molecular weight is 474 g/mol. The summed E-state index contributed by atoms with van der Waals surface area (Å²) >= 11 is 13.6. The average Bonchev–Trinajstić information content (AvgIpc) is 3.03. The maximum Gasteiger partial charge on any atom is 0.264 e. The zero-order valence-electron chi connectivity index (χ0n) is 18.2. The first-order valence-electron chi connectivity index (χ1n) is 10.2. The number of anilines is 1. The number of nitrogens with zero attached hydrogens (tertiary/aromatic N) is 2. The molecule has 0 saturated carbocycles. The quantitative estimate of drug-likeness (QED) is 0.481. The van der Waals surface area contributed by atoms with Gasteiger partial charge in [-0.25, -0.2) is 4.99 Å². The van der Waals surface area contributed by atoms with Crippen molar-refractivity contribution >= 4 is 63.5 Å². The second-order valence-corrected chi connectivity index (χ2v) is 10.6. The minimum absolute atomic E-state index is 0.118. The first-order chi connectivity index (χ1) is 14.6. The van der Waals surface area contributed by atoms with Gasteiger partial charge in [0.25, 0.3) is 5.91 Å². The van der Waals surface area contributed by atoms with Crippen LogP contribution in [0.3, 0.4) is 0 Å². The van der Waals surface area contributed by atoms with Gasteiger partial charge in [-0.1, -0.05) is 36.2 Å². The van der Waals surface area contributed by atoms with Crippen LogP contribution in [0.15, 0.2) is 40.2 Å². The molecule has 2 aliphatic heterocycles. The van der Waals surface area contributed by atoms with Crippen LogP contribution in [0.4, 0.5) is 11.4 Å². The largest absolute Gasteiger partial charge is 0.369 e. The molecule has 1 unspecified atom stereocenters. The third kappa shape index (κ3) is 4.23. The number of amides is 1. The molecule has 1 amide bonds. The van der Waals surface area contributed by atoms with Crippen molar-refractivity contribution in [1.82, 2.24) is 5.32 Å². The fourth-order valence-corrected chi connectivity index (χ4v) is 5.36. The molecule has 0 bridgehead atoms. The van der Waals surface area contributed by atoms with E-state index in [1.807, 2.05) is 6.08 Å². The molecule has 4 nitrogen and oxygen atoms in total. The number of carbonyl (C=O) groups excluding carboxylic acids is 1. The van der Waals surface area contributed by atoms with Crippen LogP contribution in [0.25, 0.3) is 6.08 Å². The zero-order chi connectivity index (χ0) is 22.5. The number of fused-ring (bicyclic) bond motifs is 1. The number of amidine groups is 1. The molecule has 7 heteroatoms. The van der Waals surface area contributed by atoms with Gasteiger partial charge in [-0.05, 0) is 91.9 Å². The second-order valence-electron chi connectivity index (χ2n) is 8.80. The van der Waals surface area contributed by atoms with Crippen LogP contribution in [-0.2, 0) is 4.79 Å². The van der Waals surface area contributed by atoms with Crippen molar-refractivity contribution in [3.05, 3.63) is 62.0 Å². The number of hydrogen-bond acceptors (Lipinski definition) is 4. The monoisotopic (exact) mass is 473 g/mol. The second kappa shape index (κ2) is 8.19. The lowest BCUT2D eigenvalue weighted by Gasteiger charge is -2.45. The minimum atomic E-state index is -0.162. The molecule has 2 aliphatic rings. The topological polar surface area (TPSA) is 44.7 Å². The molecule has 1 fully saturated rings. The lowest BCUT2D eigenvalue weighted by molar-refractivity contribution is -0.115. The minimum Gasteiger partial charge on any atom is -0.369 e. The van der Waals surface area contributed by atoms with E-state index < -0.39 is 0 Å². The SMILES string of the molecule is Cc1cc2c(cc1/C=C1/SC(=Nc3cccc(Cl)c3Cl)NC1=O)C(C)CC(C)(C)N2C. The number of rotatable bonds is 2. The van der Waals surface area contributed by atoms with Crippen molar-refractivity contribution in [2.75, 3.05) is 11.9 Å². The molecule has 0 radical (unpaired) electrons. The van der Waals surface area contributed by atoms with E-state index in [1.165, 1.54) is 23.0 Å². The highest BCUT2D eigenvalue weighted by molar-refractivity contribution is 8.18. The lowest BCUT2D eigenvalue weighted by atomic mass is 9.79. The Hall–Kier alpha value is -1.95. The Morgan fingerprint density at radius 2 is 2.03 bits per heavy atom. The third-order valence-corrected chi connectivity index (χ3v) is 7.83. The molecule has 0 aliphatic carbocycles. The predicted molar refractivity (Wildman–Crippen MR) is 134 cm³/mol. The molecular formula is C24H25Cl2N3OS. The van der Waals surface area contributed by atoms with E-state index in [1.54, 1.807) is 18.2 Å². The summed E-state index contributed by atoms with van der Waals surface area (Å²) in [6.07, 6.45) is 3.03. The van der Waals surface area contributed by atoms with Gasteiger partial charge in [0.15, 0.2) is 5.17 Å². The molecule has 4 rings (SSSR count). The first-order valence-corrected chi connectivity index (χ1v) is 11.8. The van der Waals surface area contributed by atoms with Crippen molar-refractivity contribution in [2.45, 2.75) is 45.6 Å². The Kier molecular flexibility index (Phi) is 5.88. The van der Waals surface area contributed by atoms with E-state index in [2.05, 4.69) is 62.1 Å².